The van der Waals surface area contributed by atoms with Crippen LogP contribution in [0.2, 0.25) is 0 Å². The Labute approximate surface area is 120 Å². The molecule has 0 saturated heterocycles. The number of rotatable bonds is 4. The fourth-order valence-electron chi connectivity index (χ4n) is 1.78. The number of amides is 1. The Kier molecular flexibility index (Phi) is 4.31. The van der Waals surface area contributed by atoms with Crippen LogP contribution < -0.4 is 5.32 Å². The van der Waals surface area contributed by atoms with Crippen LogP contribution in [0.4, 0.5) is 0 Å². The predicted octanol–water partition coefficient (Wildman–Crippen LogP) is 2.76. The molecule has 6 heteroatoms. The van der Waals surface area contributed by atoms with Crippen molar-refractivity contribution in [1.29, 1.82) is 0 Å². The second-order valence-corrected chi connectivity index (χ2v) is 5.15. The number of H-pyrrole nitrogens is 1. The van der Waals surface area contributed by atoms with Gasteiger partial charge in [-0.05, 0) is 31.0 Å². The predicted molar refractivity (Wildman–Crippen MR) is 75.8 cm³/mol. The first kappa shape index (κ1) is 13.7. The highest BCUT2D eigenvalue weighted by Crippen LogP contribution is 2.19. The van der Waals surface area contributed by atoms with Gasteiger partial charge in [0.05, 0.1) is 6.04 Å². The van der Waals surface area contributed by atoms with Crippen LogP contribution in [0.3, 0.4) is 0 Å². The molecule has 0 aliphatic carbocycles. The maximum absolute atomic E-state index is 12.0. The van der Waals surface area contributed by atoms with Crippen molar-refractivity contribution in [2.45, 2.75) is 26.3 Å². The highest BCUT2D eigenvalue weighted by atomic mass is 79.9. The van der Waals surface area contributed by atoms with Gasteiger partial charge in [-0.25, -0.2) is 4.98 Å². The van der Waals surface area contributed by atoms with Crippen molar-refractivity contribution >= 4 is 21.8 Å². The van der Waals surface area contributed by atoms with E-state index in [1.807, 2.05) is 31.2 Å². The normalized spacial score (nSPS) is 12.2. The number of carbonyl (C=O) groups excluding carboxylic acids is 1. The number of hydrogen-bond acceptors (Lipinski definition) is 3. The number of hydrogen-bond donors (Lipinski definition) is 2. The molecule has 0 radical (unpaired) electrons. The lowest BCUT2D eigenvalue weighted by molar-refractivity contribution is 0.0925. The third-order valence-corrected chi connectivity index (χ3v) is 3.31. The van der Waals surface area contributed by atoms with Crippen LogP contribution in [0.1, 0.15) is 41.4 Å². The van der Waals surface area contributed by atoms with E-state index in [2.05, 4.69) is 36.4 Å². The van der Waals surface area contributed by atoms with Crippen molar-refractivity contribution in [1.82, 2.24) is 20.5 Å². The molecule has 1 amide bonds. The Balaban J connectivity index is 2.11. The summed E-state index contributed by atoms with van der Waals surface area (Å²) in [6, 6.07) is 7.85. The van der Waals surface area contributed by atoms with Gasteiger partial charge in [0.15, 0.2) is 0 Å². The molecule has 1 aromatic heterocycles. The van der Waals surface area contributed by atoms with E-state index in [1.165, 1.54) is 0 Å². The van der Waals surface area contributed by atoms with Gasteiger partial charge < -0.3 is 5.32 Å². The summed E-state index contributed by atoms with van der Waals surface area (Å²) in [5.41, 5.74) is 1.06. The van der Waals surface area contributed by atoms with E-state index in [4.69, 9.17) is 0 Å². The number of aryl methyl sites for hydroxylation is 1. The first-order chi connectivity index (χ1) is 9.10. The lowest BCUT2D eigenvalue weighted by Gasteiger charge is -2.16. The van der Waals surface area contributed by atoms with E-state index in [9.17, 15) is 4.79 Å². The minimum Gasteiger partial charge on any atom is -0.342 e. The Morgan fingerprint density at radius 1 is 1.42 bits per heavy atom. The van der Waals surface area contributed by atoms with Crippen LogP contribution in [-0.2, 0) is 0 Å². The molecule has 1 heterocycles. The average molecular weight is 323 g/mol. The van der Waals surface area contributed by atoms with E-state index in [0.29, 0.717) is 5.82 Å². The van der Waals surface area contributed by atoms with Crippen molar-refractivity contribution in [3.63, 3.8) is 0 Å². The van der Waals surface area contributed by atoms with E-state index >= 15 is 0 Å². The summed E-state index contributed by atoms with van der Waals surface area (Å²) in [7, 11) is 0. The molecule has 19 heavy (non-hydrogen) atoms. The van der Waals surface area contributed by atoms with Gasteiger partial charge in [0.1, 0.15) is 5.82 Å². The second kappa shape index (κ2) is 5.97. The standard InChI is InChI=1S/C13H15BrN4O/c1-3-11(9-4-6-10(14)7-5-9)16-13(19)12-15-8(2)17-18-12/h4-7,11H,3H2,1-2H3,(H,16,19)(H,15,17,18). The summed E-state index contributed by atoms with van der Waals surface area (Å²) in [4.78, 5) is 16.0. The molecule has 1 aromatic carbocycles. The van der Waals surface area contributed by atoms with E-state index in [1.54, 1.807) is 6.92 Å². The lowest BCUT2D eigenvalue weighted by Crippen LogP contribution is -2.29. The molecular formula is C13H15BrN4O. The Bertz CT molecular complexity index is 564. The third-order valence-electron chi connectivity index (χ3n) is 2.79. The SMILES string of the molecule is CCC(NC(=O)c1n[nH]c(C)n1)c1ccc(Br)cc1. The zero-order valence-corrected chi connectivity index (χ0v) is 12.4. The van der Waals surface area contributed by atoms with E-state index in [0.717, 1.165) is 16.5 Å². The summed E-state index contributed by atoms with van der Waals surface area (Å²) in [6.07, 6.45) is 0.802. The van der Waals surface area contributed by atoms with Crippen LogP contribution in [0, 0.1) is 6.92 Å². The van der Waals surface area contributed by atoms with Crippen molar-refractivity contribution in [3.05, 3.63) is 46.0 Å². The molecule has 1 unspecified atom stereocenters. The molecule has 2 N–H and O–H groups in total. The van der Waals surface area contributed by atoms with Gasteiger partial charge in [0, 0.05) is 4.47 Å². The molecule has 2 aromatic rings. The Morgan fingerprint density at radius 2 is 2.11 bits per heavy atom. The summed E-state index contributed by atoms with van der Waals surface area (Å²) in [5.74, 6) is 0.536. The number of halogens is 1. The van der Waals surface area contributed by atoms with Crippen molar-refractivity contribution in [2.75, 3.05) is 0 Å². The monoisotopic (exact) mass is 322 g/mol. The molecule has 100 valence electrons. The van der Waals surface area contributed by atoms with Gasteiger partial charge in [0.25, 0.3) is 5.91 Å². The minimum absolute atomic E-state index is 0.0422. The number of nitrogens with zero attached hydrogens (tertiary/aromatic N) is 2. The molecule has 0 saturated carbocycles. The molecule has 2 rings (SSSR count). The third kappa shape index (κ3) is 3.41. The minimum atomic E-state index is -0.265. The summed E-state index contributed by atoms with van der Waals surface area (Å²) in [6.45, 7) is 3.78. The number of aromatic amines is 1. The summed E-state index contributed by atoms with van der Waals surface area (Å²) < 4.78 is 1.02. The number of aromatic nitrogens is 3. The Hall–Kier alpha value is -1.69. The van der Waals surface area contributed by atoms with Gasteiger partial charge in [-0.1, -0.05) is 35.0 Å². The average Bonchev–Trinajstić information content (AvgIpc) is 2.84. The summed E-state index contributed by atoms with van der Waals surface area (Å²) in [5, 5.41) is 9.45. The highest BCUT2D eigenvalue weighted by Gasteiger charge is 2.17. The maximum atomic E-state index is 12.0. The number of nitrogens with one attached hydrogen (secondary N) is 2. The first-order valence-corrected chi connectivity index (χ1v) is 6.84. The smallest absolute Gasteiger partial charge is 0.291 e. The molecule has 0 aliphatic rings. The quantitative estimate of drug-likeness (QED) is 0.909. The summed E-state index contributed by atoms with van der Waals surface area (Å²) >= 11 is 3.40. The van der Waals surface area contributed by atoms with Crippen LogP contribution >= 0.6 is 15.9 Å². The van der Waals surface area contributed by atoms with Crippen LogP contribution in [0.15, 0.2) is 28.7 Å². The number of benzene rings is 1. The zero-order chi connectivity index (χ0) is 13.8. The van der Waals surface area contributed by atoms with Gasteiger partial charge >= 0.3 is 0 Å². The van der Waals surface area contributed by atoms with Gasteiger partial charge in [0.2, 0.25) is 5.82 Å². The van der Waals surface area contributed by atoms with Gasteiger partial charge in [-0.3, -0.25) is 9.89 Å². The fraction of sp³-hybridized carbons (Fsp3) is 0.308. The van der Waals surface area contributed by atoms with Crippen molar-refractivity contribution in [3.8, 4) is 0 Å². The van der Waals surface area contributed by atoms with E-state index < -0.39 is 0 Å². The molecule has 0 spiro atoms. The lowest BCUT2D eigenvalue weighted by atomic mass is 10.0. The molecular weight excluding hydrogens is 308 g/mol. The molecule has 0 aliphatic heterocycles. The Morgan fingerprint density at radius 3 is 2.63 bits per heavy atom. The largest absolute Gasteiger partial charge is 0.342 e. The van der Waals surface area contributed by atoms with Gasteiger partial charge in [-0.15, -0.1) is 5.10 Å². The topological polar surface area (TPSA) is 70.7 Å². The van der Waals surface area contributed by atoms with Crippen LogP contribution in [0.5, 0.6) is 0 Å². The first-order valence-electron chi connectivity index (χ1n) is 6.05. The molecule has 1 atom stereocenters. The van der Waals surface area contributed by atoms with Gasteiger partial charge in [-0.2, -0.15) is 0 Å². The molecule has 0 bridgehead atoms. The van der Waals surface area contributed by atoms with E-state index in [-0.39, 0.29) is 17.8 Å². The number of carbonyl (C=O) groups is 1. The van der Waals surface area contributed by atoms with Crippen LogP contribution in [-0.4, -0.2) is 21.1 Å². The van der Waals surface area contributed by atoms with Crippen molar-refractivity contribution < 1.29 is 4.79 Å². The molecule has 0 fully saturated rings. The zero-order valence-electron chi connectivity index (χ0n) is 10.8. The second-order valence-electron chi connectivity index (χ2n) is 4.23. The highest BCUT2D eigenvalue weighted by molar-refractivity contribution is 9.10. The van der Waals surface area contributed by atoms with Crippen molar-refractivity contribution in [2.24, 2.45) is 0 Å². The fourth-order valence-corrected chi connectivity index (χ4v) is 2.05. The maximum Gasteiger partial charge on any atom is 0.291 e. The molecule has 5 nitrogen and oxygen atoms in total. The van der Waals surface area contributed by atoms with Crippen LogP contribution in [0.25, 0.3) is 0 Å².